The lowest BCUT2D eigenvalue weighted by molar-refractivity contribution is -0.137. The van der Waals surface area contributed by atoms with Gasteiger partial charge in [-0.15, -0.1) is 0 Å². The van der Waals surface area contributed by atoms with Gasteiger partial charge in [0.05, 0.1) is 18.8 Å². The number of morpholine rings is 1. The first-order chi connectivity index (χ1) is 17.4. The molecule has 9 nitrogen and oxygen atoms in total. The molecule has 0 atom stereocenters. The van der Waals surface area contributed by atoms with Crippen molar-refractivity contribution in [3.8, 4) is 0 Å². The van der Waals surface area contributed by atoms with Gasteiger partial charge in [-0.1, -0.05) is 0 Å². The Kier molecular flexibility index (Phi) is 6.72. The minimum atomic E-state index is -4.48. The van der Waals surface area contributed by atoms with Gasteiger partial charge in [-0.2, -0.15) is 28.1 Å². The van der Waals surface area contributed by atoms with Crippen molar-refractivity contribution in [2.45, 2.75) is 6.18 Å². The predicted molar refractivity (Wildman–Crippen MR) is 126 cm³/mol. The second-order valence-corrected chi connectivity index (χ2v) is 8.34. The van der Waals surface area contributed by atoms with Crippen molar-refractivity contribution in [3.05, 3.63) is 54.0 Å². The van der Waals surface area contributed by atoms with E-state index in [2.05, 4.69) is 25.3 Å². The molecule has 2 aliphatic rings. The third kappa shape index (κ3) is 5.40. The molecule has 2 aromatic heterocycles. The van der Waals surface area contributed by atoms with Crippen molar-refractivity contribution in [1.29, 1.82) is 0 Å². The molecule has 0 unspecified atom stereocenters. The average molecular weight is 504 g/mol. The zero-order valence-corrected chi connectivity index (χ0v) is 19.2. The highest BCUT2D eigenvalue weighted by Gasteiger charge is 2.36. The molecule has 2 saturated heterocycles. The fourth-order valence-corrected chi connectivity index (χ4v) is 4.11. The Bertz CT molecular complexity index is 1180. The van der Waals surface area contributed by atoms with E-state index in [-0.39, 0.29) is 11.6 Å². The molecule has 0 radical (unpaired) electrons. The van der Waals surface area contributed by atoms with Crippen molar-refractivity contribution in [1.82, 2.24) is 19.9 Å². The van der Waals surface area contributed by atoms with E-state index in [0.717, 1.165) is 6.07 Å². The number of nitrogens with zero attached hydrogens (tertiary/aromatic N) is 7. The minimum Gasteiger partial charge on any atom is -0.378 e. The Balaban J connectivity index is 1.37. The van der Waals surface area contributed by atoms with E-state index >= 15 is 0 Å². The third-order valence-electron chi connectivity index (χ3n) is 5.96. The highest BCUT2D eigenvalue weighted by molar-refractivity contribution is 5.57. The second kappa shape index (κ2) is 10.1. The van der Waals surface area contributed by atoms with Gasteiger partial charge in [-0.25, -0.2) is 9.37 Å². The van der Waals surface area contributed by atoms with Gasteiger partial charge in [0.2, 0.25) is 17.8 Å². The number of alkyl halides is 3. The number of hydrogen-bond acceptors (Lipinski definition) is 9. The van der Waals surface area contributed by atoms with E-state index in [4.69, 9.17) is 4.74 Å². The first-order valence-corrected chi connectivity index (χ1v) is 11.5. The summed E-state index contributed by atoms with van der Waals surface area (Å²) in [6.07, 6.45) is -3.12. The average Bonchev–Trinajstić information content (AvgIpc) is 2.90. The molecule has 1 N–H and O–H groups in total. The van der Waals surface area contributed by atoms with Gasteiger partial charge >= 0.3 is 6.18 Å². The summed E-state index contributed by atoms with van der Waals surface area (Å²) in [5, 5.41) is 3.09. The van der Waals surface area contributed by atoms with E-state index in [9.17, 15) is 17.6 Å². The first kappa shape index (κ1) is 24.0. The number of benzene rings is 1. The Morgan fingerprint density at radius 1 is 0.778 bits per heavy atom. The zero-order valence-electron chi connectivity index (χ0n) is 19.2. The first-order valence-electron chi connectivity index (χ1n) is 11.5. The molecule has 4 heterocycles. The SMILES string of the molecule is Fc1ccc(Nc2nc(N3CCOCC3)nc(N3CCN(c4ncccc4C(F)(F)F)CC3)n2)cc1. The fourth-order valence-electron chi connectivity index (χ4n) is 4.11. The van der Waals surface area contributed by atoms with E-state index in [0.29, 0.717) is 76.0 Å². The van der Waals surface area contributed by atoms with Gasteiger partial charge in [-0.3, -0.25) is 0 Å². The number of pyridine rings is 1. The maximum Gasteiger partial charge on any atom is 0.419 e. The Labute approximate surface area is 204 Å². The molecule has 0 saturated carbocycles. The summed E-state index contributed by atoms with van der Waals surface area (Å²) in [6, 6.07) is 8.16. The summed E-state index contributed by atoms with van der Waals surface area (Å²) in [5.74, 6) is 0.741. The lowest BCUT2D eigenvalue weighted by Crippen LogP contribution is -2.48. The maximum absolute atomic E-state index is 13.5. The molecule has 0 spiro atoms. The number of rotatable bonds is 5. The smallest absolute Gasteiger partial charge is 0.378 e. The molecule has 1 aromatic carbocycles. The molecule has 36 heavy (non-hydrogen) atoms. The highest BCUT2D eigenvalue weighted by Crippen LogP contribution is 2.35. The van der Waals surface area contributed by atoms with E-state index in [1.165, 1.54) is 24.4 Å². The van der Waals surface area contributed by atoms with Crippen LogP contribution in [0.1, 0.15) is 5.56 Å². The number of anilines is 5. The van der Waals surface area contributed by atoms with Crippen LogP contribution in [0, 0.1) is 5.82 Å². The largest absolute Gasteiger partial charge is 0.419 e. The van der Waals surface area contributed by atoms with Crippen LogP contribution in [0.5, 0.6) is 0 Å². The van der Waals surface area contributed by atoms with Crippen molar-refractivity contribution >= 4 is 29.4 Å². The lowest BCUT2D eigenvalue weighted by atomic mass is 10.2. The summed E-state index contributed by atoms with van der Waals surface area (Å²) in [4.78, 5) is 23.3. The van der Waals surface area contributed by atoms with E-state index in [1.807, 2.05) is 9.80 Å². The standard InChI is InChI=1S/C23H24F4N8O/c24-16-3-5-17(6-4-16)29-20-30-21(32-22(31-20)35-12-14-36-15-13-35)34-10-8-33(9-11-34)19-18(23(25,26)27)2-1-7-28-19/h1-7H,8-15H2,(H,29,30,31,32). The third-order valence-corrected chi connectivity index (χ3v) is 5.96. The summed E-state index contributed by atoms with van der Waals surface area (Å²) in [7, 11) is 0. The Hall–Kier alpha value is -3.74. The van der Waals surface area contributed by atoms with Crippen LogP contribution in [-0.2, 0) is 10.9 Å². The number of ether oxygens (including phenoxy) is 1. The van der Waals surface area contributed by atoms with Crippen LogP contribution < -0.4 is 20.0 Å². The number of piperazine rings is 1. The Morgan fingerprint density at radius 2 is 1.39 bits per heavy atom. The molecule has 2 fully saturated rings. The predicted octanol–water partition coefficient (Wildman–Crippen LogP) is 3.33. The zero-order chi connectivity index (χ0) is 25.1. The summed E-state index contributed by atoms with van der Waals surface area (Å²) in [6.45, 7) is 3.77. The van der Waals surface area contributed by atoms with Gasteiger partial charge in [0.1, 0.15) is 11.6 Å². The minimum absolute atomic E-state index is 0.0760. The Morgan fingerprint density at radius 3 is 2.03 bits per heavy atom. The highest BCUT2D eigenvalue weighted by atomic mass is 19.4. The molecular weight excluding hydrogens is 480 g/mol. The molecule has 5 rings (SSSR count). The summed E-state index contributed by atoms with van der Waals surface area (Å²) >= 11 is 0. The maximum atomic E-state index is 13.5. The molecule has 13 heteroatoms. The molecular formula is C23H24F4N8O. The van der Waals surface area contributed by atoms with Crippen LogP contribution in [0.2, 0.25) is 0 Å². The summed E-state index contributed by atoms with van der Waals surface area (Å²) in [5.41, 5.74) is -0.139. The van der Waals surface area contributed by atoms with Gasteiger partial charge in [-0.05, 0) is 36.4 Å². The number of hydrogen-bond donors (Lipinski definition) is 1. The quantitative estimate of drug-likeness (QED) is 0.526. The van der Waals surface area contributed by atoms with Crippen LogP contribution in [-0.4, -0.2) is 72.4 Å². The van der Waals surface area contributed by atoms with E-state index in [1.54, 1.807) is 17.0 Å². The van der Waals surface area contributed by atoms with Gasteiger partial charge in [0.15, 0.2) is 0 Å². The van der Waals surface area contributed by atoms with Crippen LogP contribution in [0.25, 0.3) is 0 Å². The number of nitrogens with one attached hydrogen (secondary N) is 1. The molecule has 190 valence electrons. The van der Waals surface area contributed by atoms with Crippen molar-refractivity contribution in [3.63, 3.8) is 0 Å². The van der Waals surface area contributed by atoms with Crippen LogP contribution in [0.4, 0.5) is 46.9 Å². The van der Waals surface area contributed by atoms with Crippen molar-refractivity contribution in [2.75, 3.05) is 72.5 Å². The molecule has 0 aliphatic carbocycles. The molecule has 2 aliphatic heterocycles. The fraction of sp³-hybridized carbons (Fsp3) is 0.391. The molecule has 0 amide bonds. The second-order valence-electron chi connectivity index (χ2n) is 8.34. The molecule has 3 aromatic rings. The van der Waals surface area contributed by atoms with Gasteiger partial charge in [0, 0.05) is 51.2 Å². The monoisotopic (exact) mass is 504 g/mol. The molecule has 0 bridgehead atoms. The van der Waals surface area contributed by atoms with Crippen LogP contribution in [0.3, 0.4) is 0 Å². The normalized spacial score (nSPS) is 16.8. The van der Waals surface area contributed by atoms with Crippen LogP contribution >= 0.6 is 0 Å². The van der Waals surface area contributed by atoms with Crippen LogP contribution in [0.15, 0.2) is 42.6 Å². The van der Waals surface area contributed by atoms with Crippen molar-refractivity contribution < 1.29 is 22.3 Å². The van der Waals surface area contributed by atoms with E-state index < -0.39 is 11.7 Å². The van der Waals surface area contributed by atoms with Crippen molar-refractivity contribution in [2.24, 2.45) is 0 Å². The summed E-state index contributed by atoms with van der Waals surface area (Å²) < 4.78 is 59.1. The lowest BCUT2D eigenvalue weighted by Gasteiger charge is -2.36. The van der Waals surface area contributed by atoms with Gasteiger partial charge in [0.25, 0.3) is 0 Å². The number of aromatic nitrogens is 4. The van der Waals surface area contributed by atoms with Gasteiger partial charge < -0.3 is 24.8 Å². The number of halogens is 4. The topological polar surface area (TPSA) is 82.5 Å².